The summed E-state index contributed by atoms with van der Waals surface area (Å²) < 4.78 is 10.7. The van der Waals surface area contributed by atoms with Crippen molar-refractivity contribution in [1.29, 1.82) is 0 Å². The van der Waals surface area contributed by atoms with Crippen molar-refractivity contribution in [1.82, 2.24) is 15.3 Å². The molecule has 3 unspecified atom stereocenters. The third-order valence-electron chi connectivity index (χ3n) is 6.85. The Labute approximate surface area is 234 Å². The van der Waals surface area contributed by atoms with Crippen LogP contribution in [-0.4, -0.2) is 66.3 Å². The van der Waals surface area contributed by atoms with Crippen LogP contribution in [-0.2, 0) is 16.1 Å². The molecule has 1 aromatic carbocycles. The molecule has 0 spiro atoms. The summed E-state index contributed by atoms with van der Waals surface area (Å²) in [6.07, 6.45) is 3.87. The lowest BCUT2D eigenvalue weighted by molar-refractivity contribution is -0.143. The van der Waals surface area contributed by atoms with Crippen molar-refractivity contribution in [2.24, 2.45) is 5.92 Å². The molecule has 1 saturated carbocycles. The van der Waals surface area contributed by atoms with Crippen LogP contribution < -0.4 is 29.9 Å². The lowest BCUT2D eigenvalue weighted by atomic mass is 9.82. The van der Waals surface area contributed by atoms with Gasteiger partial charge in [-0.2, -0.15) is 4.98 Å². The number of hydrogen-bond donors (Lipinski definition) is 3. The number of hydrogen-bond acceptors (Lipinski definition) is 8. The number of methoxy groups -OCH3 is 2. The van der Waals surface area contributed by atoms with Crippen LogP contribution in [0.15, 0.2) is 24.9 Å². The Morgan fingerprint density at radius 3 is 2.44 bits per heavy atom. The third-order valence-corrected chi connectivity index (χ3v) is 7.58. The minimum Gasteiger partial charge on any atom is -0.495 e. The van der Waals surface area contributed by atoms with Crippen LogP contribution in [0.2, 0.25) is 10.0 Å². The first-order valence-corrected chi connectivity index (χ1v) is 12.8. The minimum atomic E-state index is -0.908. The summed E-state index contributed by atoms with van der Waals surface area (Å²) in [4.78, 5) is 48.7. The van der Waals surface area contributed by atoms with Gasteiger partial charge in [0.2, 0.25) is 11.9 Å². The third kappa shape index (κ3) is 5.52. The molecule has 3 atom stereocenters. The van der Waals surface area contributed by atoms with Crippen LogP contribution >= 0.6 is 23.2 Å². The maximum atomic E-state index is 13.5. The molecule has 1 aliphatic heterocycles. The van der Waals surface area contributed by atoms with Gasteiger partial charge in [-0.1, -0.05) is 29.8 Å². The molecule has 39 heavy (non-hydrogen) atoms. The van der Waals surface area contributed by atoms with E-state index in [1.165, 1.54) is 30.1 Å². The summed E-state index contributed by atoms with van der Waals surface area (Å²) in [7, 11) is 4.46. The molecular weight excluding hydrogens is 551 g/mol. The van der Waals surface area contributed by atoms with E-state index >= 15 is 0 Å². The number of rotatable bonds is 8. The smallest absolute Gasteiger partial charge is 0.330 e. The Bertz CT molecular complexity index is 1300. The first-order valence-electron chi connectivity index (χ1n) is 12.0. The van der Waals surface area contributed by atoms with Crippen molar-refractivity contribution in [2.45, 2.75) is 37.9 Å². The lowest BCUT2D eigenvalue weighted by Gasteiger charge is -2.37. The van der Waals surface area contributed by atoms with Gasteiger partial charge in [0.15, 0.2) is 0 Å². The zero-order chi connectivity index (χ0) is 28.4. The van der Waals surface area contributed by atoms with Crippen molar-refractivity contribution >= 4 is 58.6 Å². The Kier molecular flexibility index (Phi) is 8.36. The van der Waals surface area contributed by atoms with E-state index in [0.29, 0.717) is 35.7 Å². The molecule has 0 saturated heterocycles. The summed E-state index contributed by atoms with van der Waals surface area (Å²) in [5, 5.41) is 15.8. The number of nitrogens with zero attached hydrogens (tertiary/aromatic N) is 4. The normalized spacial score (nSPS) is 20.6. The topological polar surface area (TPSA) is 146 Å². The Morgan fingerprint density at radius 1 is 1.18 bits per heavy atom. The number of carboxylic acids is 1. The molecule has 208 valence electrons. The van der Waals surface area contributed by atoms with Crippen LogP contribution in [0.1, 0.15) is 24.8 Å². The van der Waals surface area contributed by atoms with Crippen LogP contribution in [0.4, 0.5) is 22.2 Å². The highest BCUT2D eigenvalue weighted by atomic mass is 35.5. The molecule has 3 N–H and O–H groups in total. The summed E-state index contributed by atoms with van der Waals surface area (Å²) in [5.74, 6) is -0.692. The van der Waals surface area contributed by atoms with Gasteiger partial charge >= 0.3 is 12.0 Å². The number of amides is 3. The van der Waals surface area contributed by atoms with Crippen LogP contribution in [0, 0.1) is 5.92 Å². The number of fused-ring (bicyclic) bond motifs is 1. The number of carbonyl (C=O) groups is 3. The fraction of sp³-hybridized carbons (Fsp3) is 0.400. The van der Waals surface area contributed by atoms with E-state index in [0.717, 1.165) is 6.08 Å². The average Bonchev–Trinajstić information content (AvgIpc) is 2.92. The largest absolute Gasteiger partial charge is 0.495 e. The fourth-order valence-corrected chi connectivity index (χ4v) is 5.50. The number of ether oxygens (including phenoxy) is 2. The molecule has 12 nitrogen and oxygen atoms in total. The number of aromatic nitrogens is 2. The average molecular weight is 579 g/mol. The highest BCUT2D eigenvalue weighted by Gasteiger charge is 2.37. The van der Waals surface area contributed by atoms with E-state index in [1.807, 2.05) is 0 Å². The molecule has 0 radical (unpaired) electrons. The maximum absolute atomic E-state index is 13.5. The summed E-state index contributed by atoms with van der Waals surface area (Å²) in [5.41, 5.74) is 0.859. The van der Waals surface area contributed by atoms with E-state index in [4.69, 9.17) is 32.7 Å². The second-order valence-corrected chi connectivity index (χ2v) is 9.90. The molecule has 1 aliphatic carbocycles. The summed E-state index contributed by atoms with van der Waals surface area (Å²) in [6.45, 7) is 3.55. The second-order valence-electron chi connectivity index (χ2n) is 9.15. The van der Waals surface area contributed by atoms with E-state index in [-0.39, 0.29) is 40.7 Å². The molecule has 4 rings (SSSR count). The Morgan fingerprint density at radius 2 is 1.85 bits per heavy atom. The number of benzene rings is 1. The highest BCUT2D eigenvalue weighted by molar-refractivity contribution is 6.42. The number of nitrogens with one attached hydrogen (secondary N) is 2. The number of carboxylic acid groups (broad SMARTS) is 1. The number of aliphatic carboxylic acids is 1. The molecular formula is C25H28Cl2N6O6. The summed E-state index contributed by atoms with van der Waals surface area (Å²) in [6, 6.07) is 0.290. The molecule has 1 fully saturated rings. The van der Waals surface area contributed by atoms with Gasteiger partial charge in [-0.3, -0.25) is 19.4 Å². The predicted octanol–water partition coefficient (Wildman–Crippen LogP) is 3.71. The van der Waals surface area contributed by atoms with Crippen molar-refractivity contribution in [3.8, 4) is 11.5 Å². The number of anilines is 3. The summed E-state index contributed by atoms with van der Waals surface area (Å²) >= 11 is 13.1. The van der Waals surface area contributed by atoms with E-state index in [1.54, 1.807) is 13.2 Å². The predicted molar refractivity (Wildman–Crippen MR) is 146 cm³/mol. The van der Waals surface area contributed by atoms with Crippen molar-refractivity contribution < 1.29 is 29.0 Å². The molecule has 1 aromatic heterocycles. The quantitative estimate of drug-likeness (QED) is 0.399. The molecule has 2 heterocycles. The van der Waals surface area contributed by atoms with Gasteiger partial charge in [-0.25, -0.2) is 9.78 Å². The van der Waals surface area contributed by atoms with Gasteiger partial charge in [0, 0.05) is 30.9 Å². The lowest BCUT2D eigenvalue weighted by Crippen LogP contribution is -2.51. The number of halogens is 2. The van der Waals surface area contributed by atoms with E-state index < -0.39 is 29.9 Å². The van der Waals surface area contributed by atoms with Gasteiger partial charge in [0.25, 0.3) is 0 Å². The zero-order valence-corrected chi connectivity index (χ0v) is 23.0. The SMILES string of the molecule is C=CC(=O)NC1CC(C(=O)O)CCC1Nc1ncc2c(n1)N(C)C(=O)N(c1c(Cl)c(OC)cc(OC)c1Cl)C2. The first kappa shape index (κ1) is 28.2. The zero-order valence-electron chi connectivity index (χ0n) is 21.5. The Hall–Kier alpha value is -3.77. The standard InChI is InChI=1S/C25H28Cl2N6O6/c1-5-18(34)29-15-8-12(23(35)36)6-7-14(15)30-24-28-10-13-11-33(25(37)32(2)22(13)31-24)21-19(26)16(38-3)9-17(39-4)20(21)27/h5,9-10,12,14-15H,1,6-8,11H2,2-4H3,(H,29,34)(H,35,36)(H,28,30,31). The van der Waals surface area contributed by atoms with Gasteiger partial charge < -0.3 is 25.2 Å². The van der Waals surface area contributed by atoms with Gasteiger partial charge in [-0.15, -0.1) is 0 Å². The monoisotopic (exact) mass is 578 g/mol. The number of carbonyl (C=O) groups excluding carboxylic acids is 2. The van der Waals surface area contributed by atoms with Crippen LogP contribution in [0.5, 0.6) is 11.5 Å². The maximum Gasteiger partial charge on any atom is 0.330 e. The van der Waals surface area contributed by atoms with Gasteiger partial charge in [0.1, 0.15) is 27.4 Å². The fourth-order valence-electron chi connectivity index (χ4n) is 4.80. The van der Waals surface area contributed by atoms with E-state index in [2.05, 4.69) is 27.2 Å². The van der Waals surface area contributed by atoms with Gasteiger partial charge in [-0.05, 0) is 25.3 Å². The molecule has 3 amide bonds. The van der Waals surface area contributed by atoms with Crippen LogP contribution in [0.3, 0.4) is 0 Å². The first-order chi connectivity index (χ1) is 18.6. The number of urea groups is 1. The molecule has 2 aromatic rings. The second kappa shape index (κ2) is 11.5. The minimum absolute atomic E-state index is 0.0796. The Balaban J connectivity index is 1.61. The van der Waals surface area contributed by atoms with Crippen molar-refractivity contribution in [2.75, 3.05) is 36.4 Å². The van der Waals surface area contributed by atoms with Crippen molar-refractivity contribution in [3.63, 3.8) is 0 Å². The molecule has 2 aliphatic rings. The van der Waals surface area contributed by atoms with Crippen molar-refractivity contribution in [3.05, 3.63) is 40.5 Å². The van der Waals surface area contributed by atoms with Crippen LogP contribution in [0.25, 0.3) is 0 Å². The highest BCUT2D eigenvalue weighted by Crippen LogP contribution is 2.47. The molecule has 14 heteroatoms. The van der Waals surface area contributed by atoms with E-state index in [9.17, 15) is 19.5 Å². The molecule has 0 bridgehead atoms. The van der Waals surface area contributed by atoms with Gasteiger partial charge in [0.05, 0.1) is 38.4 Å².